The normalized spacial score (nSPS) is 20.9. The van der Waals surface area contributed by atoms with E-state index in [-0.39, 0.29) is 17.0 Å². The van der Waals surface area contributed by atoms with Gasteiger partial charge in [-0.1, -0.05) is 6.92 Å². The van der Waals surface area contributed by atoms with E-state index in [0.717, 1.165) is 19.3 Å². The van der Waals surface area contributed by atoms with Crippen LogP contribution in [0, 0.1) is 5.41 Å². The summed E-state index contributed by atoms with van der Waals surface area (Å²) in [6.07, 6.45) is 5.45. The summed E-state index contributed by atoms with van der Waals surface area (Å²) >= 11 is 0. The number of carbonyl (C=O) groups excluding carboxylic acids is 1. The molecule has 1 aliphatic carbocycles. The average Bonchev–Trinajstić information content (AvgIpc) is 2.52. The van der Waals surface area contributed by atoms with Crippen LogP contribution in [0.15, 0.2) is 0 Å². The second kappa shape index (κ2) is 3.92. The van der Waals surface area contributed by atoms with E-state index >= 15 is 0 Å². The minimum atomic E-state index is -0.370. The summed E-state index contributed by atoms with van der Waals surface area (Å²) in [4.78, 5) is 11.8. The molecule has 1 saturated carbocycles. The maximum Gasteiger partial charge on any atom is 0.311 e. The quantitative estimate of drug-likeness (QED) is 0.636. The molecule has 0 aromatic heterocycles. The van der Waals surface area contributed by atoms with Crippen molar-refractivity contribution in [2.75, 3.05) is 0 Å². The van der Waals surface area contributed by atoms with Crippen LogP contribution in [0.5, 0.6) is 0 Å². The van der Waals surface area contributed by atoms with Crippen LogP contribution >= 0.6 is 0 Å². The molecule has 1 aliphatic rings. The van der Waals surface area contributed by atoms with E-state index in [1.807, 2.05) is 20.8 Å². The Morgan fingerprint density at radius 2 is 1.79 bits per heavy atom. The molecule has 2 nitrogen and oxygen atoms in total. The van der Waals surface area contributed by atoms with Crippen LogP contribution in [-0.4, -0.2) is 11.6 Å². The summed E-state index contributed by atoms with van der Waals surface area (Å²) in [5.41, 5.74) is -0.505. The number of hydrogen-bond donors (Lipinski definition) is 0. The molecule has 0 aromatic carbocycles. The molecule has 0 saturated heterocycles. The van der Waals surface area contributed by atoms with Crippen molar-refractivity contribution in [1.82, 2.24) is 0 Å². The van der Waals surface area contributed by atoms with Gasteiger partial charge in [-0.15, -0.1) is 0 Å². The molecule has 0 radical (unpaired) electrons. The average molecular weight is 198 g/mol. The summed E-state index contributed by atoms with van der Waals surface area (Å²) in [7, 11) is 0. The Bertz CT molecular complexity index is 207. The van der Waals surface area contributed by atoms with E-state index in [1.165, 1.54) is 12.8 Å². The standard InChI is InChI=1S/C12H22O2/c1-5-12(8-6-7-9-12)14-10(13)11(2,3)4/h5-9H2,1-4H3. The van der Waals surface area contributed by atoms with Crippen molar-refractivity contribution in [3.8, 4) is 0 Å². The predicted octanol–water partition coefficient (Wildman–Crippen LogP) is 3.30. The Morgan fingerprint density at radius 3 is 2.14 bits per heavy atom. The van der Waals surface area contributed by atoms with Crippen LogP contribution in [-0.2, 0) is 9.53 Å². The molecule has 82 valence electrons. The van der Waals surface area contributed by atoms with E-state index in [0.29, 0.717) is 0 Å². The third kappa shape index (κ3) is 2.49. The maximum absolute atomic E-state index is 11.8. The van der Waals surface area contributed by atoms with Crippen molar-refractivity contribution >= 4 is 5.97 Å². The first kappa shape index (κ1) is 11.5. The summed E-state index contributed by atoms with van der Waals surface area (Å²) in [5.74, 6) is -0.0544. The summed E-state index contributed by atoms with van der Waals surface area (Å²) < 4.78 is 5.67. The monoisotopic (exact) mass is 198 g/mol. The molecular formula is C12H22O2. The Labute approximate surface area is 87.0 Å². The fourth-order valence-electron chi connectivity index (χ4n) is 1.90. The number of ether oxygens (including phenoxy) is 1. The molecular weight excluding hydrogens is 176 g/mol. The molecule has 0 heterocycles. The number of esters is 1. The topological polar surface area (TPSA) is 26.3 Å². The van der Waals surface area contributed by atoms with Crippen LogP contribution in [0.3, 0.4) is 0 Å². The molecule has 0 atom stereocenters. The molecule has 0 spiro atoms. The van der Waals surface area contributed by atoms with Gasteiger partial charge in [0.05, 0.1) is 5.41 Å². The van der Waals surface area contributed by atoms with Crippen LogP contribution < -0.4 is 0 Å². The molecule has 1 fully saturated rings. The fourth-order valence-corrected chi connectivity index (χ4v) is 1.90. The zero-order valence-electron chi connectivity index (χ0n) is 9.85. The second-order valence-corrected chi connectivity index (χ2v) is 5.38. The van der Waals surface area contributed by atoms with Gasteiger partial charge in [-0.25, -0.2) is 0 Å². The van der Waals surface area contributed by atoms with Crippen LogP contribution in [0.4, 0.5) is 0 Å². The minimum Gasteiger partial charge on any atom is -0.459 e. The van der Waals surface area contributed by atoms with E-state index in [1.54, 1.807) is 0 Å². The minimum absolute atomic E-state index is 0.0544. The summed E-state index contributed by atoms with van der Waals surface area (Å²) in [6.45, 7) is 7.84. The number of rotatable bonds is 2. The van der Waals surface area contributed by atoms with Crippen molar-refractivity contribution in [1.29, 1.82) is 0 Å². The third-order valence-electron chi connectivity index (χ3n) is 3.08. The van der Waals surface area contributed by atoms with Gasteiger partial charge >= 0.3 is 5.97 Å². The lowest BCUT2D eigenvalue weighted by Gasteiger charge is -2.31. The van der Waals surface area contributed by atoms with Crippen LogP contribution in [0.2, 0.25) is 0 Å². The highest BCUT2D eigenvalue weighted by Gasteiger charge is 2.38. The Morgan fingerprint density at radius 1 is 1.29 bits per heavy atom. The summed E-state index contributed by atoms with van der Waals surface area (Å²) in [5, 5.41) is 0. The van der Waals surface area contributed by atoms with Crippen molar-refractivity contribution < 1.29 is 9.53 Å². The van der Waals surface area contributed by atoms with Crippen molar-refractivity contribution in [2.45, 2.75) is 65.4 Å². The zero-order valence-corrected chi connectivity index (χ0v) is 9.85. The molecule has 0 unspecified atom stereocenters. The van der Waals surface area contributed by atoms with Crippen LogP contribution in [0.1, 0.15) is 59.8 Å². The predicted molar refractivity (Wildman–Crippen MR) is 57.0 cm³/mol. The molecule has 0 bridgehead atoms. The highest BCUT2D eigenvalue weighted by atomic mass is 16.6. The third-order valence-corrected chi connectivity index (χ3v) is 3.08. The number of hydrogen-bond acceptors (Lipinski definition) is 2. The highest BCUT2D eigenvalue weighted by Crippen LogP contribution is 2.37. The zero-order chi connectivity index (χ0) is 10.8. The van der Waals surface area contributed by atoms with Crippen LogP contribution in [0.25, 0.3) is 0 Å². The lowest BCUT2D eigenvalue weighted by molar-refractivity contribution is -0.169. The van der Waals surface area contributed by atoms with E-state index < -0.39 is 0 Å². The highest BCUT2D eigenvalue weighted by molar-refractivity contribution is 5.75. The molecule has 0 aliphatic heterocycles. The molecule has 0 N–H and O–H groups in total. The van der Waals surface area contributed by atoms with Crippen molar-refractivity contribution in [2.24, 2.45) is 5.41 Å². The van der Waals surface area contributed by atoms with Gasteiger partial charge in [0.1, 0.15) is 5.60 Å². The van der Waals surface area contributed by atoms with Gasteiger partial charge in [0.25, 0.3) is 0 Å². The Kier molecular flexibility index (Phi) is 3.23. The molecule has 0 amide bonds. The van der Waals surface area contributed by atoms with Gasteiger partial charge in [0, 0.05) is 0 Å². The number of carbonyl (C=O) groups is 1. The van der Waals surface area contributed by atoms with E-state index in [4.69, 9.17) is 4.74 Å². The van der Waals surface area contributed by atoms with Gasteiger partial charge in [-0.3, -0.25) is 4.79 Å². The molecule has 14 heavy (non-hydrogen) atoms. The van der Waals surface area contributed by atoms with Gasteiger partial charge in [-0.2, -0.15) is 0 Å². The Hall–Kier alpha value is -0.530. The van der Waals surface area contributed by atoms with Crippen molar-refractivity contribution in [3.63, 3.8) is 0 Å². The lowest BCUT2D eigenvalue weighted by Crippen LogP contribution is -2.36. The first-order chi connectivity index (χ1) is 6.40. The smallest absolute Gasteiger partial charge is 0.311 e. The molecule has 0 aromatic rings. The Balaban J connectivity index is 2.61. The molecule has 2 heteroatoms. The van der Waals surface area contributed by atoms with E-state index in [9.17, 15) is 4.79 Å². The lowest BCUT2D eigenvalue weighted by atomic mass is 9.94. The fraction of sp³-hybridized carbons (Fsp3) is 0.917. The first-order valence-corrected chi connectivity index (χ1v) is 5.63. The van der Waals surface area contributed by atoms with Crippen molar-refractivity contribution in [3.05, 3.63) is 0 Å². The first-order valence-electron chi connectivity index (χ1n) is 5.63. The van der Waals surface area contributed by atoms with Gasteiger partial charge in [0.2, 0.25) is 0 Å². The van der Waals surface area contributed by atoms with Gasteiger partial charge in [0.15, 0.2) is 0 Å². The van der Waals surface area contributed by atoms with E-state index in [2.05, 4.69) is 6.92 Å². The molecule has 1 rings (SSSR count). The SMILES string of the molecule is CCC1(OC(=O)C(C)(C)C)CCCC1. The summed E-state index contributed by atoms with van der Waals surface area (Å²) in [6, 6.07) is 0. The van der Waals surface area contributed by atoms with Gasteiger partial charge in [-0.05, 0) is 52.9 Å². The van der Waals surface area contributed by atoms with Gasteiger partial charge < -0.3 is 4.74 Å². The second-order valence-electron chi connectivity index (χ2n) is 5.38. The maximum atomic E-state index is 11.8. The largest absolute Gasteiger partial charge is 0.459 e.